The van der Waals surface area contributed by atoms with Gasteiger partial charge in [0.05, 0.1) is 0 Å². The van der Waals surface area contributed by atoms with Gasteiger partial charge in [0.25, 0.3) is 0 Å². The second kappa shape index (κ2) is 8.33. The normalized spacial score (nSPS) is 10.2. The highest BCUT2D eigenvalue weighted by Gasteiger charge is 2.13. The number of nitrogens with zero attached hydrogens (tertiary/aromatic N) is 2. The van der Waals surface area contributed by atoms with Gasteiger partial charge in [-0.3, -0.25) is 4.79 Å². The molecule has 2 aromatic rings. The van der Waals surface area contributed by atoms with Gasteiger partial charge < -0.3 is 15.1 Å². The quantitative estimate of drug-likeness (QED) is 0.894. The highest BCUT2D eigenvalue weighted by Crippen LogP contribution is 2.18. The largest absolute Gasteiger partial charge is 0.322 e. The van der Waals surface area contributed by atoms with E-state index in [4.69, 9.17) is 0 Å². The Hall–Kier alpha value is -2.82. The van der Waals surface area contributed by atoms with Crippen molar-refractivity contribution < 1.29 is 9.59 Å². The van der Waals surface area contributed by atoms with Crippen LogP contribution in [0.1, 0.15) is 25.0 Å². The van der Waals surface area contributed by atoms with Crippen molar-refractivity contribution in [3.8, 4) is 0 Å². The summed E-state index contributed by atoms with van der Waals surface area (Å²) in [4.78, 5) is 27.2. The van der Waals surface area contributed by atoms with Crippen molar-refractivity contribution in [3.63, 3.8) is 0 Å². The van der Waals surface area contributed by atoms with Crippen molar-refractivity contribution in [1.82, 2.24) is 4.90 Å². The predicted molar refractivity (Wildman–Crippen MR) is 102 cm³/mol. The number of benzene rings is 2. The molecule has 0 aliphatic rings. The fourth-order valence-electron chi connectivity index (χ4n) is 2.47. The zero-order valence-corrected chi connectivity index (χ0v) is 15.2. The molecular formula is C20H25N3O2. The summed E-state index contributed by atoms with van der Waals surface area (Å²) in [7, 11) is 1.72. The van der Waals surface area contributed by atoms with Crippen molar-refractivity contribution in [2.75, 3.05) is 23.8 Å². The molecule has 132 valence electrons. The molecule has 0 saturated heterocycles. The molecule has 0 saturated carbocycles. The van der Waals surface area contributed by atoms with E-state index >= 15 is 0 Å². The zero-order valence-electron chi connectivity index (χ0n) is 15.2. The number of carbonyl (C=O) groups is 2. The molecular weight excluding hydrogens is 314 g/mol. The Morgan fingerprint density at radius 2 is 1.68 bits per heavy atom. The van der Waals surface area contributed by atoms with E-state index in [2.05, 4.69) is 5.32 Å². The number of carbonyl (C=O) groups excluding carboxylic acids is 2. The lowest BCUT2D eigenvalue weighted by Crippen LogP contribution is -2.34. The molecule has 0 fully saturated rings. The first kappa shape index (κ1) is 18.5. The van der Waals surface area contributed by atoms with Crippen molar-refractivity contribution >= 4 is 23.3 Å². The van der Waals surface area contributed by atoms with E-state index in [1.165, 1.54) is 12.5 Å². The number of hydrogen-bond donors (Lipinski definition) is 1. The molecule has 1 N–H and O–H groups in total. The van der Waals surface area contributed by atoms with E-state index in [1.54, 1.807) is 29.0 Å². The van der Waals surface area contributed by atoms with E-state index in [1.807, 2.05) is 50.2 Å². The molecule has 0 bridgehead atoms. The molecule has 0 heterocycles. The van der Waals surface area contributed by atoms with Crippen LogP contribution in [0, 0.1) is 6.92 Å². The Labute approximate surface area is 149 Å². The number of urea groups is 1. The molecule has 5 nitrogen and oxygen atoms in total. The molecule has 0 radical (unpaired) electrons. The first-order valence-corrected chi connectivity index (χ1v) is 8.37. The summed E-state index contributed by atoms with van der Waals surface area (Å²) >= 11 is 0. The molecule has 3 amide bonds. The number of amides is 3. The maximum absolute atomic E-state index is 12.5. The van der Waals surface area contributed by atoms with E-state index in [0.29, 0.717) is 18.8 Å². The maximum Gasteiger partial charge on any atom is 0.322 e. The van der Waals surface area contributed by atoms with Gasteiger partial charge in [0.2, 0.25) is 5.91 Å². The Kier molecular flexibility index (Phi) is 6.17. The SMILES string of the molecule is CCN(Cc1ccccc1C)C(=O)Nc1ccc(N(C)C(C)=O)cc1. The zero-order chi connectivity index (χ0) is 18.4. The van der Waals surface area contributed by atoms with Crippen LogP contribution in [-0.4, -0.2) is 30.4 Å². The van der Waals surface area contributed by atoms with Crippen LogP contribution in [0.5, 0.6) is 0 Å². The van der Waals surface area contributed by atoms with Gasteiger partial charge in [0.15, 0.2) is 0 Å². The molecule has 25 heavy (non-hydrogen) atoms. The van der Waals surface area contributed by atoms with Gasteiger partial charge in [-0.25, -0.2) is 4.79 Å². The smallest absolute Gasteiger partial charge is 0.320 e. The maximum atomic E-state index is 12.5. The highest BCUT2D eigenvalue weighted by molar-refractivity contribution is 5.92. The van der Waals surface area contributed by atoms with Crippen LogP contribution < -0.4 is 10.2 Å². The van der Waals surface area contributed by atoms with Gasteiger partial charge in [-0.05, 0) is 49.2 Å². The van der Waals surface area contributed by atoms with E-state index < -0.39 is 0 Å². The number of rotatable bonds is 5. The molecule has 2 rings (SSSR count). The number of aryl methyl sites for hydroxylation is 1. The average Bonchev–Trinajstić information content (AvgIpc) is 2.60. The fraction of sp³-hybridized carbons (Fsp3) is 0.300. The summed E-state index contributed by atoms with van der Waals surface area (Å²) in [5, 5.41) is 2.91. The minimum atomic E-state index is -0.140. The third-order valence-corrected chi connectivity index (χ3v) is 4.27. The number of nitrogens with one attached hydrogen (secondary N) is 1. The molecule has 0 aliphatic heterocycles. The van der Waals surface area contributed by atoms with Crippen LogP contribution in [0.2, 0.25) is 0 Å². The van der Waals surface area contributed by atoms with Crippen LogP contribution in [0.15, 0.2) is 48.5 Å². The van der Waals surface area contributed by atoms with Crippen molar-refractivity contribution in [1.29, 1.82) is 0 Å². The first-order valence-electron chi connectivity index (χ1n) is 8.37. The third-order valence-electron chi connectivity index (χ3n) is 4.27. The van der Waals surface area contributed by atoms with Crippen LogP contribution >= 0.6 is 0 Å². The van der Waals surface area contributed by atoms with Crippen LogP contribution in [0.3, 0.4) is 0 Å². The number of anilines is 2. The van der Waals surface area contributed by atoms with Crippen molar-refractivity contribution in [2.24, 2.45) is 0 Å². The minimum absolute atomic E-state index is 0.0350. The Morgan fingerprint density at radius 3 is 2.24 bits per heavy atom. The van der Waals surface area contributed by atoms with Crippen molar-refractivity contribution in [3.05, 3.63) is 59.7 Å². The molecule has 0 atom stereocenters. The van der Waals surface area contributed by atoms with Gasteiger partial charge in [-0.2, -0.15) is 0 Å². The van der Waals surface area contributed by atoms with Crippen LogP contribution in [-0.2, 0) is 11.3 Å². The van der Waals surface area contributed by atoms with E-state index in [0.717, 1.165) is 11.3 Å². The van der Waals surface area contributed by atoms with Gasteiger partial charge in [0, 0.05) is 38.4 Å². The lowest BCUT2D eigenvalue weighted by Gasteiger charge is -2.22. The van der Waals surface area contributed by atoms with Crippen LogP contribution in [0.25, 0.3) is 0 Å². The van der Waals surface area contributed by atoms with Gasteiger partial charge >= 0.3 is 6.03 Å². The molecule has 5 heteroatoms. The summed E-state index contributed by atoms with van der Waals surface area (Å²) in [6, 6.07) is 15.2. The Bertz CT molecular complexity index is 741. The summed E-state index contributed by atoms with van der Waals surface area (Å²) in [5.41, 5.74) is 3.80. The first-order chi connectivity index (χ1) is 11.9. The fourth-order valence-corrected chi connectivity index (χ4v) is 2.47. The van der Waals surface area contributed by atoms with E-state index in [-0.39, 0.29) is 11.9 Å². The monoisotopic (exact) mass is 339 g/mol. The second-order valence-corrected chi connectivity index (χ2v) is 6.00. The topological polar surface area (TPSA) is 52.7 Å². The van der Waals surface area contributed by atoms with E-state index in [9.17, 15) is 9.59 Å². The minimum Gasteiger partial charge on any atom is -0.320 e. The van der Waals surface area contributed by atoms with Gasteiger partial charge in [-0.15, -0.1) is 0 Å². The summed E-state index contributed by atoms with van der Waals surface area (Å²) in [5.74, 6) is -0.0350. The number of hydrogen-bond acceptors (Lipinski definition) is 2. The third kappa shape index (κ3) is 4.83. The Morgan fingerprint density at radius 1 is 1.04 bits per heavy atom. The average molecular weight is 339 g/mol. The highest BCUT2D eigenvalue weighted by atomic mass is 16.2. The lowest BCUT2D eigenvalue weighted by molar-refractivity contribution is -0.116. The lowest BCUT2D eigenvalue weighted by atomic mass is 10.1. The molecule has 0 aromatic heterocycles. The molecule has 0 unspecified atom stereocenters. The molecule has 0 aliphatic carbocycles. The molecule has 2 aromatic carbocycles. The predicted octanol–water partition coefficient (Wildman–Crippen LogP) is 4.03. The molecule has 0 spiro atoms. The summed E-state index contributed by atoms with van der Waals surface area (Å²) in [6.07, 6.45) is 0. The van der Waals surface area contributed by atoms with Gasteiger partial charge in [-0.1, -0.05) is 24.3 Å². The van der Waals surface area contributed by atoms with Crippen molar-refractivity contribution in [2.45, 2.75) is 27.3 Å². The standard InChI is InChI=1S/C20H25N3O2/c1-5-23(14-17-9-7-6-8-15(17)2)20(25)21-18-10-12-19(13-11-18)22(4)16(3)24/h6-13H,5,14H2,1-4H3,(H,21,25). The van der Waals surface area contributed by atoms with Crippen LogP contribution in [0.4, 0.5) is 16.2 Å². The van der Waals surface area contributed by atoms with Gasteiger partial charge in [0.1, 0.15) is 0 Å². The summed E-state index contributed by atoms with van der Waals surface area (Å²) < 4.78 is 0. The summed E-state index contributed by atoms with van der Waals surface area (Å²) in [6.45, 7) is 6.71. The Balaban J connectivity index is 2.04. The second-order valence-electron chi connectivity index (χ2n) is 6.00.